The van der Waals surface area contributed by atoms with Gasteiger partial charge in [-0.25, -0.2) is 0 Å². The van der Waals surface area contributed by atoms with Crippen LogP contribution in [0, 0.1) is 0 Å². The number of hydrogen-bond acceptors (Lipinski definition) is 12. The first kappa shape index (κ1) is 31.8. The molecular formula is C29H34ClNO11. The number of aliphatic hydroxyl groups excluding tert-OH is 1. The van der Waals surface area contributed by atoms with Gasteiger partial charge in [0.25, 0.3) is 0 Å². The third-order valence-electron chi connectivity index (χ3n) is 8.08. The Kier molecular flexibility index (Phi) is 9.00. The van der Waals surface area contributed by atoms with Crippen LogP contribution in [-0.4, -0.2) is 81.3 Å². The van der Waals surface area contributed by atoms with Crippen molar-refractivity contribution < 1.29 is 53.8 Å². The highest BCUT2D eigenvalue weighted by molar-refractivity contribution is 6.31. The molecule has 13 heteroatoms. The number of carbonyl (C=O) groups is 3. The Morgan fingerprint density at radius 2 is 1.83 bits per heavy atom. The molecule has 6 N–H and O–H groups in total. The van der Waals surface area contributed by atoms with Crippen LogP contribution in [0.5, 0.6) is 17.2 Å². The molecule has 2 aromatic carbocycles. The van der Waals surface area contributed by atoms with E-state index in [4.69, 9.17) is 24.7 Å². The summed E-state index contributed by atoms with van der Waals surface area (Å²) in [5.41, 5.74) is 2.83. The number of benzene rings is 2. The van der Waals surface area contributed by atoms with Crippen molar-refractivity contribution in [1.82, 2.24) is 0 Å². The maximum absolute atomic E-state index is 13.9. The number of ether oxygens (including phenoxy) is 4. The predicted molar refractivity (Wildman–Crippen MR) is 148 cm³/mol. The van der Waals surface area contributed by atoms with E-state index < -0.39 is 82.6 Å². The predicted octanol–water partition coefficient (Wildman–Crippen LogP) is 1.81. The summed E-state index contributed by atoms with van der Waals surface area (Å²) in [4.78, 5) is 40.1. The molecule has 0 spiro atoms. The van der Waals surface area contributed by atoms with E-state index in [1.807, 2.05) is 0 Å². The number of phenols is 2. The van der Waals surface area contributed by atoms with E-state index in [1.54, 1.807) is 13.8 Å². The second-order valence-electron chi connectivity index (χ2n) is 10.7. The van der Waals surface area contributed by atoms with E-state index in [9.17, 15) is 34.8 Å². The Morgan fingerprint density at radius 3 is 2.48 bits per heavy atom. The number of Topliss-reactive ketones (excluding diaryl/α,β-unsaturated/α-hetero) is 1. The zero-order chi connectivity index (χ0) is 29.8. The monoisotopic (exact) mass is 607 g/mol. The number of fused-ring (bicyclic) bond motifs is 3. The molecule has 1 fully saturated rings. The number of halogens is 1. The van der Waals surface area contributed by atoms with Crippen molar-refractivity contribution in [2.24, 2.45) is 5.73 Å². The molecule has 2 aliphatic carbocycles. The lowest BCUT2D eigenvalue weighted by Crippen LogP contribution is -2.52. The van der Waals surface area contributed by atoms with Crippen molar-refractivity contribution >= 4 is 29.8 Å². The molecule has 5 rings (SSSR count). The van der Waals surface area contributed by atoms with Gasteiger partial charge in [-0.05, 0) is 26.8 Å². The second kappa shape index (κ2) is 11.9. The summed E-state index contributed by atoms with van der Waals surface area (Å²) < 4.78 is 22.6. The van der Waals surface area contributed by atoms with Crippen molar-refractivity contribution in [2.45, 2.75) is 76.3 Å². The normalized spacial score (nSPS) is 28.3. The fraction of sp³-hybridized carbons (Fsp3) is 0.483. The Hall–Kier alpha value is -3.10. The van der Waals surface area contributed by atoms with Crippen LogP contribution >= 0.6 is 12.4 Å². The molecule has 1 saturated heterocycles. The Labute approximate surface area is 247 Å². The molecule has 0 bridgehead atoms. The average Bonchev–Trinajstić information content (AvgIpc) is 2.92. The van der Waals surface area contributed by atoms with Gasteiger partial charge >= 0.3 is 0 Å². The first-order chi connectivity index (χ1) is 19.4. The summed E-state index contributed by atoms with van der Waals surface area (Å²) in [5.74, 6) is -3.34. The first-order valence-corrected chi connectivity index (χ1v) is 13.4. The highest BCUT2D eigenvalue weighted by atomic mass is 35.5. The molecule has 228 valence electrons. The van der Waals surface area contributed by atoms with Crippen LogP contribution in [0.4, 0.5) is 0 Å². The SMILES string of the molecule is CCOCOc1cccc2c1C(=O)c1c(O)c3c(c(O)c1C2=O)C[C@@](O)(C(C)=O)C[C@@H]3OC1CC(N)C(O)C(C)O1.Cl. The largest absolute Gasteiger partial charge is 0.507 e. The third kappa shape index (κ3) is 5.17. The van der Waals surface area contributed by atoms with E-state index in [2.05, 4.69) is 0 Å². The molecule has 3 aliphatic rings. The van der Waals surface area contributed by atoms with Gasteiger partial charge in [0.15, 0.2) is 24.6 Å². The van der Waals surface area contributed by atoms with Crippen LogP contribution < -0.4 is 10.5 Å². The summed E-state index contributed by atoms with van der Waals surface area (Å²) in [6.45, 7) is 4.72. The zero-order valence-corrected chi connectivity index (χ0v) is 24.1. The molecule has 1 heterocycles. The molecule has 2 aromatic rings. The molecule has 0 aromatic heterocycles. The number of ketones is 3. The highest BCUT2D eigenvalue weighted by Crippen LogP contribution is 2.52. The number of phenolic OH excluding ortho intramolecular Hbond substituents is 2. The number of aliphatic hydroxyl groups is 2. The quantitative estimate of drug-likeness (QED) is 0.149. The number of aromatic hydroxyl groups is 2. The van der Waals surface area contributed by atoms with Crippen LogP contribution in [0.3, 0.4) is 0 Å². The van der Waals surface area contributed by atoms with Gasteiger partial charge in [0.1, 0.15) is 22.8 Å². The maximum Gasteiger partial charge on any atom is 0.202 e. The van der Waals surface area contributed by atoms with Gasteiger partial charge in [-0.15, -0.1) is 12.4 Å². The Morgan fingerprint density at radius 1 is 1.14 bits per heavy atom. The lowest BCUT2D eigenvalue weighted by molar-refractivity contribution is -0.247. The van der Waals surface area contributed by atoms with Crippen LogP contribution in [0.25, 0.3) is 0 Å². The fourth-order valence-electron chi connectivity index (χ4n) is 5.80. The van der Waals surface area contributed by atoms with Crippen molar-refractivity contribution in [3.63, 3.8) is 0 Å². The lowest BCUT2D eigenvalue weighted by atomic mass is 9.72. The third-order valence-corrected chi connectivity index (χ3v) is 8.08. The van der Waals surface area contributed by atoms with Gasteiger partial charge in [0, 0.05) is 48.6 Å². The smallest absolute Gasteiger partial charge is 0.202 e. The van der Waals surface area contributed by atoms with Crippen molar-refractivity contribution in [3.05, 3.63) is 51.6 Å². The Bertz CT molecular complexity index is 1420. The van der Waals surface area contributed by atoms with Crippen LogP contribution in [-0.2, 0) is 25.4 Å². The molecule has 0 saturated carbocycles. The minimum atomic E-state index is -2.02. The summed E-state index contributed by atoms with van der Waals surface area (Å²) in [7, 11) is 0. The summed E-state index contributed by atoms with van der Waals surface area (Å²) in [6, 6.07) is 3.70. The van der Waals surface area contributed by atoms with Gasteiger partial charge in [0.05, 0.1) is 35.0 Å². The van der Waals surface area contributed by atoms with Gasteiger partial charge in [-0.1, -0.05) is 12.1 Å². The fourth-order valence-corrected chi connectivity index (χ4v) is 5.80. The molecule has 0 amide bonds. The van der Waals surface area contributed by atoms with E-state index in [-0.39, 0.29) is 60.0 Å². The molecular weight excluding hydrogens is 574 g/mol. The van der Waals surface area contributed by atoms with Gasteiger partial charge in [-0.2, -0.15) is 0 Å². The summed E-state index contributed by atoms with van der Waals surface area (Å²) >= 11 is 0. The molecule has 1 aliphatic heterocycles. The van der Waals surface area contributed by atoms with E-state index in [1.165, 1.54) is 25.1 Å². The van der Waals surface area contributed by atoms with Crippen LogP contribution in [0.15, 0.2) is 18.2 Å². The number of hydrogen-bond donors (Lipinski definition) is 5. The summed E-state index contributed by atoms with van der Waals surface area (Å²) in [5, 5.41) is 44.4. The molecule has 4 unspecified atom stereocenters. The first-order valence-electron chi connectivity index (χ1n) is 13.4. The van der Waals surface area contributed by atoms with E-state index in [0.29, 0.717) is 6.61 Å². The van der Waals surface area contributed by atoms with Crippen molar-refractivity contribution in [2.75, 3.05) is 13.4 Å². The van der Waals surface area contributed by atoms with Gasteiger partial charge < -0.3 is 45.1 Å². The van der Waals surface area contributed by atoms with E-state index >= 15 is 0 Å². The zero-order valence-electron chi connectivity index (χ0n) is 23.3. The number of rotatable bonds is 7. The van der Waals surface area contributed by atoms with E-state index in [0.717, 1.165) is 0 Å². The van der Waals surface area contributed by atoms with Crippen LogP contribution in [0.1, 0.15) is 82.7 Å². The molecule has 42 heavy (non-hydrogen) atoms. The van der Waals surface area contributed by atoms with Crippen molar-refractivity contribution in [1.29, 1.82) is 0 Å². The van der Waals surface area contributed by atoms with Gasteiger partial charge in [-0.3, -0.25) is 14.4 Å². The molecule has 6 atom stereocenters. The Balaban J connectivity index is 0.00000405. The van der Waals surface area contributed by atoms with Crippen molar-refractivity contribution in [3.8, 4) is 17.2 Å². The molecule has 0 radical (unpaired) electrons. The minimum absolute atomic E-state index is 0. The maximum atomic E-state index is 13.9. The average molecular weight is 608 g/mol. The minimum Gasteiger partial charge on any atom is -0.507 e. The second-order valence-corrected chi connectivity index (χ2v) is 10.7. The lowest BCUT2D eigenvalue weighted by Gasteiger charge is -2.42. The highest BCUT2D eigenvalue weighted by Gasteiger charge is 2.49. The topological polar surface area (TPSA) is 195 Å². The molecule has 12 nitrogen and oxygen atoms in total. The standard InChI is InChI=1S/C29H33NO11.ClH/c1-4-38-11-39-17-7-5-6-14-20(17)27(35)23-22(25(14)33)26(34)15-9-29(37,13(3)31)10-18(21(15)28(23)36)41-19-8-16(30)24(32)12(2)40-19;/h5-7,12,16,18-19,24,32,34,36-37H,4,8-11,30H2,1-3H3;1H/t12?,16?,18-,19?,24?,29-;/m0./s1. The number of nitrogens with two attached hydrogens (primary N) is 1. The summed E-state index contributed by atoms with van der Waals surface area (Å²) in [6.07, 6.45) is -4.63. The van der Waals surface area contributed by atoms with Gasteiger partial charge in [0.2, 0.25) is 5.78 Å². The van der Waals surface area contributed by atoms with Crippen LogP contribution in [0.2, 0.25) is 0 Å². The number of carbonyl (C=O) groups excluding carboxylic acids is 3.